The molecule has 0 saturated carbocycles. The van der Waals surface area contributed by atoms with Gasteiger partial charge in [-0.25, -0.2) is 0 Å². The third kappa shape index (κ3) is 6.96. The summed E-state index contributed by atoms with van der Waals surface area (Å²) in [6.07, 6.45) is 1.89. The standard InChI is InChI=1S/C32H29ClN4OS/c33-28-20-11-10-19-27(28)31-35-36-32(37(31)26-17-8-3-9-18-26)39-22-12-21-30(38)34-29(25-15-6-2-7-16-25)23-24-13-4-1-5-14-24/h1-11,13-20,29H,12,21-23H2,(H,34,38)/t29-/m1/s1. The van der Waals surface area contributed by atoms with Crippen molar-refractivity contribution in [3.05, 3.63) is 131 Å². The summed E-state index contributed by atoms with van der Waals surface area (Å²) in [6, 6.07) is 38.0. The van der Waals surface area contributed by atoms with E-state index in [1.54, 1.807) is 11.8 Å². The van der Waals surface area contributed by atoms with Crippen molar-refractivity contribution < 1.29 is 4.79 Å². The van der Waals surface area contributed by atoms with Gasteiger partial charge in [-0.15, -0.1) is 10.2 Å². The molecular weight excluding hydrogens is 524 g/mol. The molecule has 0 aliphatic carbocycles. The molecule has 1 atom stereocenters. The van der Waals surface area contributed by atoms with Crippen LogP contribution in [0.4, 0.5) is 0 Å². The first-order valence-corrected chi connectivity index (χ1v) is 14.3. The predicted octanol–water partition coefficient (Wildman–Crippen LogP) is 7.56. The number of hydrogen-bond acceptors (Lipinski definition) is 4. The molecular formula is C32H29ClN4OS. The van der Waals surface area contributed by atoms with E-state index in [0.29, 0.717) is 23.7 Å². The molecule has 0 fully saturated rings. The zero-order valence-electron chi connectivity index (χ0n) is 21.4. The van der Waals surface area contributed by atoms with Crippen molar-refractivity contribution in [3.8, 4) is 17.1 Å². The summed E-state index contributed by atoms with van der Waals surface area (Å²) in [4.78, 5) is 13.0. The molecule has 0 unspecified atom stereocenters. The highest BCUT2D eigenvalue weighted by atomic mass is 35.5. The SMILES string of the molecule is O=C(CCCSc1nnc(-c2ccccc2Cl)n1-c1ccccc1)N[C@H](Cc1ccccc1)c1ccccc1. The Labute approximate surface area is 238 Å². The lowest BCUT2D eigenvalue weighted by Crippen LogP contribution is -2.29. The first kappa shape index (κ1) is 26.7. The van der Waals surface area contributed by atoms with E-state index >= 15 is 0 Å². The van der Waals surface area contributed by atoms with Crippen LogP contribution in [0.1, 0.15) is 30.0 Å². The summed E-state index contributed by atoms with van der Waals surface area (Å²) in [6.45, 7) is 0. The number of rotatable bonds is 11. The van der Waals surface area contributed by atoms with Crippen LogP contribution in [0.3, 0.4) is 0 Å². The molecule has 1 aromatic heterocycles. The third-order valence-electron chi connectivity index (χ3n) is 6.36. The van der Waals surface area contributed by atoms with Crippen molar-refractivity contribution in [2.45, 2.75) is 30.5 Å². The quantitative estimate of drug-likeness (QED) is 0.136. The van der Waals surface area contributed by atoms with Crippen LogP contribution < -0.4 is 5.32 Å². The average Bonchev–Trinajstić information content (AvgIpc) is 3.40. The number of amides is 1. The van der Waals surface area contributed by atoms with Crippen LogP contribution >= 0.6 is 23.4 Å². The van der Waals surface area contributed by atoms with Crippen molar-refractivity contribution in [2.24, 2.45) is 0 Å². The largest absolute Gasteiger partial charge is 0.349 e. The molecule has 0 radical (unpaired) electrons. The molecule has 39 heavy (non-hydrogen) atoms. The first-order chi connectivity index (χ1) is 19.2. The Morgan fingerprint density at radius 1 is 0.821 bits per heavy atom. The molecule has 0 aliphatic rings. The van der Waals surface area contributed by atoms with Crippen LogP contribution in [-0.4, -0.2) is 26.4 Å². The Hall–Kier alpha value is -3.87. The molecule has 0 aliphatic heterocycles. The molecule has 5 aromatic rings. The molecule has 1 heterocycles. The zero-order valence-corrected chi connectivity index (χ0v) is 23.0. The summed E-state index contributed by atoms with van der Waals surface area (Å²) in [5.74, 6) is 1.47. The Morgan fingerprint density at radius 2 is 1.46 bits per heavy atom. The fraction of sp³-hybridized carbons (Fsp3) is 0.156. The molecule has 0 saturated heterocycles. The number of benzene rings is 4. The lowest BCUT2D eigenvalue weighted by atomic mass is 9.98. The van der Waals surface area contributed by atoms with E-state index in [1.165, 1.54) is 5.56 Å². The number of nitrogens with zero attached hydrogens (tertiary/aromatic N) is 3. The molecule has 1 amide bonds. The van der Waals surface area contributed by atoms with Gasteiger partial charge in [0.05, 0.1) is 11.1 Å². The smallest absolute Gasteiger partial charge is 0.220 e. The maximum absolute atomic E-state index is 13.0. The summed E-state index contributed by atoms with van der Waals surface area (Å²) in [7, 11) is 0. The molecule has 196 valence electrons. The number of carbonyl (C=O) groups excluding carboxylic acids is 1. The van der Waals surface area contributed by atoms with Gasteiger partial charge in [0.2, 0.25) is 5.91 Å². The average molecular weight is 553 g/mol. The van der Waals surface area contributed by atoms with Gasteiger partial charge in [-0.2, -0.15) is 0 Å². The van der Waals surface area contributed by atoms with Crippen LogP contribution in [0.25, 0.3) is 17.1 Å². The Bertz CT molecular complexity index is 1490. The summed E-state index contributed by atoms with van der Waals surface area (Å²) in [5, 5.41) is 13.6. The van der Waals surface area contributed by atoms with E-state index < -0.39 is 0 Å². The van der Waals surface area contributed by atoms with E-state index in [9.17, 15) is 4.79 Å². The maximum atomic E-state index is 13.0. The van der Waals surface area contributed by atoms with Crippen molar-refractivity contribution in [3.63, 3.8) is 0 Å². The van der Waals surface area contributed by atoms with Gasteiger partial charge >= 0.3 is 0 Å². The highest BCUT2D eigenvalue weighted by Gasteiger charge is 2.19. The number of para-hydroxylation sites is 1. The Balaban J connectivity index is 1.24. The van der Waals surface area contributed by atoms with Gasteiger partial charge in [-0.05, 0) is 48.2 Å². The lowest BCUT2D eigenvalue weighted by Gasteiger charge is -2.19. The van der Waals surface area contributed by atoms with E-state index in [1.807, 2.05) is 95.6 Å². The second kappa shape index (κ2) is 13.3. The van der Waals surface area contributed by atoms with E-state index in [-0.39, 0.29) is 11.9 Å². The fourth-order valence-corrected chi connectivity index (χ4v) is 5.55. The van der Waals surface area contributed by atoms with Crippen LogP contribution in [0.15, 0.2) is 120 Å². The van der Waals surface area contributed by atoms with Gasteiger partial charge in [0.15, 0.2) is 11.0 Å². The van der Waals surface area contributed by atoms with Crippen molar-refractivity contribution in [1.29, 1.82) is 0 Å². The highest BCUT2D eigenvalue weighted by molar-refractivity contribution is 7.99. The van der Waals surface area contributed by atoms with Gasteiger partial charge in [-0.3, -0.25) is 9.36 Å². The fourth-order valence-electron chi connectivity index (χ4n) is 4.44. The van der Waals surface area contributed by atoms with Crippen molar-refractivity contribution >= 4 is 29.3 Å². The van der Waals surface area contributed by atoms with Crippen LogP contribution in [0, 0.1) is 0 Å². The van der Waals surface area contributed by atoms with Crippen molar-refractivity contribution in [1.82, 2.24) is 20.1 Å². The molecule has 5 nitrogen and oxygen atoms in total. The normalized spacial score (nSPS) is 11.7. The van der Waals surface area contributed by atoms with Gasteiger partial charge in [0.1, 0.15) is 0 Å². The topological polar surface area (TPSA) is 59.8 Å². The Kier molecular flexibility index (Phi) is 9.09. The monoisotopic (exact) mass is 552 g/mol. The summed E-state index contributed by atoms with van der Waals surface area (Å²) >= 11 is 8.08. The van der Waals surface area contributed by atoms with Crippen LogP contribution in [0.2, 0.25) is 5.02 Å². The van der Waals surface area contributed by atoms with E-state index in [4.69, 9.17) is 11.6 Å². The number of hydrogen-bond donors (Lipinski definition) is 1. The zero-order chi connectivity index (χ0) is 26.9. The minimum absolute atomic E-state index is 0.0432. The molecule has 1 N–H and O–H groups in total. The summed E-state index contributed by atoms with van der Waals surface area (Å²) < 4.78 is 2.03. The van der Waals surface area contributed by atoms with Gasteiger partial charge in [-0.1, -0.05) is 114 Å². The summed E-state index contributed by atoms with van der Waals surface area (Å²) in [5.41, 5.74) is 4.08. The molecule has 0 bridgehead atoms. The molecule has 0 spiro atoms. The molecule has 4 aromatic carbocycles. The first-order valence-electron chi connectivity index (χ1n) is 13.0. The van der Waals surface area contributed by atoms with Gasteiger partial charge < -0.3 is 5.32 Å². The number of thioether (sulfide) groups is 1. The van der Waals surface area contributed by atoms with E-state index in [0.717, 1.165) is 34.1 Å². The number of carbonyl (C=O) groups is 1. The second-order valence-electron chi connectivity index (χ2n) is 9.13. The van der Waals surface area contributed by atoms with Crippen LogP contribution in [-0.2, 0) is 11.2 Å². The highest BCUT2D eigenvalue weighted by Crippen LogP contribution is 2.32. The van der Waals surface area contributed by atoms with Crippen LogP contribution in [0.5, 0.6) is 0 Å². The predicted molar refractivity (Wildman–Crippen MR) is 159 cm³/mol. The third-order valence-corrected chi connectivity index (χ3v) is 7.71. The lowest BCUT2D eigenvalue weighted by molar-refractivity contribution is -0.121. The number of halogens is 1. The van der Waals surface area contributed by atoms with Crippen molar-refractivity contribution in [2.75, 3.05) is 5.75 Å². The number of aromatic nitrogens is 3. The van der Waals surface area contributed by atoms with E-state index in [2.05, 4.69) is 39.8 Å². The molecule has 7 heteroatoms. The molecule has 5 rings (SSSR count). The second-order valence-corrected chi connectivity index (χ2v) is 10.6. The maximum Gasteiger partial charge on any atom is 0.220 e. The number of nitrogens with one attached hydrogen (secondary N) is 1. The van der Waals surface area contributed by atoms with Gasteiger partial charge in [0, 0.05) is 23.4 Å². The minimum atomic E-state index is -0.0758. The minimum Gasteiger partial charge on any atom is -0.349 e. The van der Waals surface area contributed by atoms with Gasteiger partial charge in [0.25, 0.3) is 0 Å². The Morgan fingerprint density at radius 3 is 2.18 bits per heavy atom.